The van der Waals surface area contributed by atoms with Crippen LogP contribution in [0.3, 0.4) is 0 Å². The number of aryl methyl sites for hydroxylation is 1. The molecule has 0 aliphatic rings. The summed E-state index contributed by atoms with van der Waals surface area (Å²) in [6.07, 6.45) is 0.762. The van der Waals surface area contributed by atoms with E-state index in [-0.39, 0.29) is 30.7 Å². The first kappa shape index (κ1) is 24.4. The number of carbonyl (C=O) groups excluding carboxylic acids is 2. The fourth-order valence-electron chi connectivity index (χ4n) is 3.21. The lowest BCUT2D eigenvalue weighted by Crippen LogP contribution is -2.31. The van der Waals surface area contributed by atoms with E-state index in [1.54, 1.807) is 50.2 Å². The first-order valence-corrected chi connectivity index (χ1v) is 11.0. The number of amides is 1. The topological polar surface area (TPSA) is 94.3 Å². The number of aromatic nitrogens is 2. The van der Waals surface area contributed by atoms with Crippen LogP contribution < -0.4 is 5.32 Å². The number of benzene rings is 2. The van der Waals surface area contributed by atoms with E-state index in [1.165, 1.54) is 12.1 Å². The van der Waals surface area contributed by atoms with Gasteiger partial charge in [0.2, 0.25) is 17.6 Å². The van der Waals surface area contributed by atoms with Gasteiger partial charge in [0.15, 0.2) is 0 Å². The van der Waals surface area contributed by atoms with Crippen molar-refractivity contribution in [3.63, 3.8) is 0 Å². The molecule has 3 aromatic rings. The molecule has 0 radical (unpaired) electrons. The second kappa shape index (κ2) is 11.6. The number of ether oxygens (including phenoxy) is 1. The van der Waals surface area contributed by atoms with Crippen LogP contribution in [-0.4, -0.2) is 28.1 Å². The van der Waals surface area contributed by atoms with Gasteiger partial charge in [0.25, 0.3) is 0 Å². The number of nitrogens with zero attached hydrogens (tertiary/aromatic N) is 2. The van der Waals surface area contributed by atoms with E-state index >= 15 is 0 Å². The van der Waals surface area contributed by atoms with Gasteiger partial charge in [-0.25, -0.2) is 4.39 Å². The Kier molecular flexibility index (Phi) is 8.54. The van der Waals surface area contributed by atoms with Crippen molar-refractivity contribution < 1.29 is 23.2 Å². The minimum absolute atomic E-state index is 0.0294. The molecule has 33 heavy (non-hydrogen) atoms. The molecule has 3 rings (SSSR count). The van der Waals surface area contributed by atoms with Crippen molar-refractivity contribution in [2.45, 2.75) is 51.7 Å². The van der Waals surface area contributed by atoms with Crippen LogP contribution in [0.15, 0.2) is 53.1 Å². The van der Waals surface area contributed by atoms with E-state index in [9.17, 15) is 14.0 Å². The Morgan fingerprint density at radius 1 is 1.15 bits per heavy atom. The van der Waals surface area contributed by atoms with Gasteiger partial charge < -0.3 is 14.6 Å². The van der Waals surface area contributed by atoms with Crippen LogP contribution in [0, 0.1) is 5.82 Å². The predicted molar refractivity (Wildman–Crippen MR) is 121 cm³/mol. The molecule has 1 aromatic heterocycles. The Balaban J connectivity index is 1.56. The summed E-state index contributed by atoms with van der Waals surface area (Å²) < 4.78 is 23.5. The molecule has 0 aliphatic carbocycles. The lowest BCUT2D eigenvalue weighted by Gasteiger charge is -2.20. The quantitative estimate of drug-likeness (QED) is 0.414. The molecule has 0 bridgehead atoms. The van der Waals surface area contributed by atoms with Gasteiger partial charge in [-0.3, -0.25) is 9.59 Å². The molecule has 1 unspecified atom stereocenters. The molecule has 0 saturated carbocycles. The molecule has 1 amide bonds. The zero-order valence-electron chi connectivity index (χ0n) is 18.4. The van der Waals surface area contributed by atoms with Crippen molar-refractivity contribution in [3.8, 4) is 11.4 Å². The van der Waals surface area contributed by atoms with Crippen LogP contribution >= 0.6 is 11.6 Å². The van der Waals surface area contributed by atoms with E-state index in [2.05, 4.69) is 15.5 Å². The van der Waals surface area contributed by atoms with Gasteiger partial charge in [0.1, 0.15) is 5.82 Å². The summed E-state index contributed by atoms with van der Waals surface area (Å²) in [6.45, 7) is 3.53. The van der Waals surface area contributed by atoms with Crippen molar-refractivity contribution in [1.29, 1.82) is 0 Å². The fourth-order valence-corrected chi connectivity index (χ4v) is 3.48. The monoisotopic (exact) mass is 473 g/mol. The highest BCUT2D eigenvalue weighted by Gasteiger charge is 2.22. The molecular weight excluding hydrogens is 449 g/mol. The second-order valence-electron chi connectivity index (χ2n) is 7.76. The van der Waals surface area contributed by atoms with Crippen LogP contribution in [0.4, 0.5) is 4.39 Å². The molecule has 7 nitrogen and oxygen atoms in total. The Hall–Kier alpha value is -3.26. The van der Waals surface area contributed by atoms with Gasteiger partial charge in [0.05, 0.1) is 18.6 Å². The highest BCUT2D eigenvalue weighted by atomic mass is 35.5. The molecule has 9 heteroatoms. The summed E-state index contributed by atoms with van der Waals surface area (Å²) >= 11 is 6.29. The number of halogens is 2. The minimum atomic E-state index is -0.606. The normalized spacial score (nSPS) is 11.9. The summed E-state index contributed by atoms with van der Waals surface area (Å²) in [4.78, 5) is 29.1. The molecule has 1 heterocycles. The van der Waals surface area contributed by atoms with Crippen molar-refractivity contribution in [1.82, 2.24) is 15.5 Å². The molecule has 2 aromatic carbocycles. The molecule has 0 aliphatic heterocycles. The first-order valence-electron chi connectivity index (χ1n) is 10.6. The third-order valence-corrected chi connectivity index (χ3v) is 5.06. The Morgan fingerprint density at radius 3 is 2.58 bits per heavy atom. The molecule has 0 fully saturated rings. The number of rotatable bonds is 10. The zero-order chi connectivity index (χ0) is 23.8. The maximum atomic E-state index is 13.1. The Morgan fingerprint density at radius 2 is 1.88 bits per heavy atom. The molecular formula is C24H25ClFN3O4. The maximum absolute atomic E-state index is 13.1. The smallest absolute Gasteiger partial charge is 0.308 e. The number of hydrogen-bond acceptors (Lipinski definition) is 6. The second-order valence-corrected chi connectivity index (χ2v) is 8.16. The van der Waals surface area contributed by atoms with Crippen molar-refractivity contribution >= 4 is 23.5 Å². The first-order chi connectivity index (χ1) is 15.8. The number of carbonyl (C=O) groups is 2. The van der Waals surface area contributed by atoms with Crippen molar-refractivity contribution in [2.24, 2.45) is 0 Å². The lowest BCUT2D eigenvalue weighted by molar-refractivity contribution is -0.148. The highest BCUT2D eigenvalue weighted by molar-refractivity contribution is 6.31. The Labute approximate surface area is 196 Å². The third-order valence-electron chi connectivity index (χ3n) is 4.72. The fraction of sp³-hybridized carbons (Fsp3) is 0.333. The maximum Gasteiger partial charge on any atom is 0.308 e. The van der Waals surface area contributed by atoms with Crippen LogP contribution in [0.5, 0.6) is 0 Å². The SMILES string of the molecule is CC(C)OC(=O)CC(NC(=O)CCCc1nc(-c2ccc(F)cc2)no1)c1ccccc1Cl. The van der Waals surface area contributed by atoms with E-state index < -0.39 is 12.0 Å². The van der Waals surface area contributed by atoms with Crippen molar-refractivity contribution in [3.05, 3.63) is 70.8 Å². The number of nitrogens with one attached hydrogen (secondary N) is 1. The summed E-state index contributed by atoms with van der Waals surface area (Å²) in [5.74, 6) is -0.270. The summed E-state index contributed by atoms with van der Waals surface area (Å²) in [5.41, 5.74) is 1.29. The zero-order valence-corrected chi connectivity index (χ0v) is 19.1. The largest absolute Gasteiger partial charge is 0.463 e. The van der Waals surface area contributed by atoms with Gasteiger partial charge in [-0.2, -0.15) is 4.98 Å². The van der Waals surface area contributed by atoms with E-state index in [1.807, 2.05) is 0 Å². The van der Waals surface area contributed by atoms with Gasteiger partial charge in [-0.1, -0.05) is 35.0 Å². The molecule has 0 spiro atoms. The number of esters is 1. The predicted octanol–water partition coefficient (Wildman–Crippen LogP) is 5.05. The highest BCUT2D eigenvalue weighted by Crippen LogP contribution is 2.26. The average Bonchev–Trinajstić information content (AvgIpc) is 3.22. The van der Waals surface area contributed by atoms with Gasteiger partial charge in [-0.05, 0) is 56.2 Å². The summed E-state index contributed by atoms with van der Waals surface area (Å²) in [5, 5.41) is 7.22. The summed E-state index contributed by atoms with van der Waals surface area (Å²) in [6, 6.07) is 12.2. The molecule has 174 valence electrons. The van der Waals surface area contributed by atoms with Gasteiger partial charge in [-0.15, -0.1) is 0 Å². The summed E-state index contributed by atoms with van der Waals surface area (Å²) in [7, 11) is 0. The molecule has 1 N–H and O–H groups in total. The van der Waals surface area contributed by atoms with Crippen LogP contribution in [0.1, 0.15) is 50.6 Å². The molecule has 0 saturated heterocycles. The minimum Gasteiger partial charge on any atom is -0.463 e. The average molecular weight is 474 g/mol. The van der Waals surface area contributed by atoms with Crippen LogP contribution in [-0.2, 0) is 20.7 Å². The van der Waals surface area contributed by atoms with Crippen molar-refractivity contribution in [2.75, 3.05) is 0 Å². The van der Waals surface area contributed by atoms with Gasteiger partial charge >= 0.3 is 5.97 Å². The van der Waals surface area contributed by atoms with E-state index in [0.29, 0.717) is 40.7 Å². The Bertz CT molecular complexity index is 1090. The molecule has 1 atom stereocenters. The standard InChI is InChI=1S/C24H25ClFN3O4/c1-15(2)32-23(31)14-20(18-6-3-4-7-19(18)25)27-21(30)8-5-9-22-28-24(29-33-22)16-10-12-17(26)13-11-16/h3-4,6-7,10-13,15,20H,5,8-9,14H2,1-2H3,(H,27,30). The van der Waals surface area contributed by atoms with E-state index in [0.717, 1.165) is 0 Å². The van der Waals surface area contributed by atoms with Crippen LogP contribution in [0.25, 0.3) is 11.4 Å². The van der Waals surface area contributed by atoms with Gasteiger partial charge in [0, 0.05) is 23.4 Å². The lowest BCUT2D eigenvalue weighted by atomic mass is 10.0. The van der Waals surface area contributed by atoms with Crippen LogP contribution in [0.2, 0.25) is 5.02 Å². The van der Waals surface area contributed by atoms with E-state index in [4.69, 9.17) is 20.9 Å². The third kappa shape index (κ3) is 7.39. The number of hydrogen-bond donors (Lipinski definition) is 1.